The van der Waals surface area contributed by atoms with Crippen LogP contribution in [0.15, 0.2) is 43.0 Å². The molecule has 0 saturated heterocycles. The molecule has 0 saturated carbocycles. The van der Waals surface area contributed by atoms with Gasteiger partial charge in [0.05, 0.1) is 0 Å². The van der Waals surface area contributed by atoms with Crippen LogP contribution in [0.3, 0.4) is 0 Å². The lowest BCUT2D eigenvalue weighted by molar-refractivity contribution is -0.125. The molecule has 0 spiro atoms. The zero-order valence-electron chi connectivity index (χ0n) is 8.14. The number of nitrogens with one attached hydrogen (secondary N) is 1. The Hall–Kier alpha value is -2.10. The predicted molar refractivity (Wildman–Crippen MR) is 56.7 cm³/mol. The molecule has 4 heteroatoms. The SMILES string of the molecule is C=CC(=O)N[C@H](C(N)=O)c1ccccc1. The van der Waals surface area contributed by atoms with Crippen molar-refractivity contribution in [2.45, 2.75) is 6.04 Å². The smallest absolute Gasteiger partial charge is 0.244 e. The van der Waals surface area contributed by atoms with Gasteiger partial charge in [-0.05, 0) is 11.6 Å². The summed E-state index contributed by atoms with van der Waals surface area (Å²) in [6.45, 7) is 3.30. The average molecular weight is 204 g/mol. The van der Waals surface area contributed by atoms with E-state index >= 15 is 0 Å². The molecule has 0 unspecified atom stereocenters. The summed E-state index contributed by atoms with van der Waals surface area (Å²) >= 11 is 0. The quantitative estimate of drug-likeness (QED) is 0.701. The summed E-state index contributed by atoms with van der Waals surface area (Å²) in [4.78, 5) is 22.2. The number of benzene rings is 1. The predicted octanol–water partition coefficient (Wildman–Crippen LogP) is 0.515. The minimum atomic E-state index is -0.809. The lowest BCUT2D eigenvalue weighted by Gasteiger charge is -2.14. The molecule has 1 atom stereocenters. The first kappa shape index (κ1) is 11.0. The second-order valence-electron chi connectivity index (χ2n) is 2.96. The van der Waals surface area contributed by atoms with E-state index in [2.05, 4.69) is 11.9 Å². The average Bonchev–Trinajstić information content (AvgIpc) is 2.26. The summed E-state index contributed by atoms with van der Waals surface area (Å²) in [6, 6.07) is 7.99. The Labute approximate surface area is 87.8 Å². The molecule has 78 valence electrons. The van der Waals surface area contributed by atoms with Crippen LogP contribution in [0.4, 0.5) is 0 Å². The van der Waals surface area contributed by atoms with Crippen molar-refractivity contribution in [1.29, 1.82) is 0 Å². The zero-order valence-corrected chi connectivity index (χ0v) is 8.14. The van der Waals surface area contributed by atoms with Gasteiger partial charge >= 0.3 is 0 Å². The molecule has 0 aromatic heterocycles. The Morgan fingerprint density at radius 3 is 2.40 bits per heavy atom. The van der Waals surface area contributed by atoms with Crippen LogP contribution < -0.4 is 11.1 Å². The van der Waals surface area contributed by atoms with Gasteiger partial charge in [0, 0.05) is 0 Å². The second kappa shape index (κ2) is 4.95. The molecule has 0 aliphatic carbocycles. The van der Waals surface area contributed by atoms with Crippen LogP contribution in [-0.2, 0) is 9.59 Å². The fraction of sp³-hybridized carbons (Fsp3) is 0.0909. The largest absolute Gasteiger partial charge is 0.368 e. The number of hydrogen-bond acceptors (Lipinski definition) is 2. The summed E-state index contributed by atoms with van der Waals surface area (Å²) in [5.74, 6) is -1.03. The zero-order chi connectivity index (χ0) is 11.3. The molecule has 1 aromatic rings. The van der Waals surface area contributed by atoms with Crippen LogP contribution in [-0.4, -0.2) is 11.8 Å². The highest BCUT2D eigenvalue weighted by atomic mass is 16.2. The molecule has 1 aromatic carbocycles. The van der Waals surface area contributed by atoms with E-state index in [-0.39, 0.29) is 0 Å². The summed E-state index contributed by atoms with van der Waals surface area (Å²) < 4.78 is 0. The van der Waals surface area contributed by atoms with E-state index in [0.29, 0.717) is 5.56 Å². The molecule has 0 aliphatic heterocycles. The van der Waals surface area contributed by atoms with Crippen LogP contribution in [0.2, 0.25) is 0 Å². The van der Waals surface area contributed by atoms with E-state index in [9.17, 15) is 9.59 Å². The summed E-state index contributed by atoms with van der Waals surface area (Å²) in [5.41, 5.74) is 5.84. The van der Waals surface area contributed by atoms with Crippen molar-refractivity contribution < 1.29 is 9.59 Å². The third kappa shape index (κ3) is 2.95. The topological polar surface area (TPSA) is 72.2 Å². The summed E-state index contributed by atoms with van der Waals surface area (Å²) in [7, 11) is 0. The van der Waals surface area contributed by atoms with E-state index < -0.39 is 17.9 Å². The van der Waals surface area contributed by atoms with E-state index in [1.165, 1.54) is 0 Å². The summed E-state index contributed by atoms with van der Waals surface area (Å²) in [5, 5.41) is 2.45. The molecule has 3 N–H and O–H groups in total. The van der Waals surface area contributed by atoms with Crippen molar-refractivity contribution in [2.75, 3.05) is 0 Å². The normalized spacial score (nSPS) is 11.5. The molecule has 0 fully saturated rings. The minimum absolute atomic E-state index is 0.428. The van der Waals surface area contributed by atoms with Gasteiger partial charge in [-0.1, -0.05) is 36.9 Å². The molecule has 15 heavy (non-hydrogen) atoms. The van der Waals surface area contributed by atoms with Crippen molar-refractivity contribution in [3.8, 4) is 0 Å². The highest BCUT2D eigenvalue weighted by Gasteiger charge is 2.18. The Balaban J connectivity index is 2.89. The molecular weight excluding hydrogens is 192 g/mol. The van der Waals surface area contributed by atoms with Crippen LogP contribution in [0, 0.1) is 0 Å². The molecule has 0 heterocycles. The van der Waals surface area contributed by atoms with Crippen LogP contribution in [0.1, 0.15) is 11.6 Å². The highest BCUT2D eigenvalue weighted by molar-refractivity contribution is 5.92. The second-order valence-corrected chi connectivity index (χ2v) is 2.96. The van der Waals surface area contributed by atoms with E-state index in [0.717, 1.165) is 6.08 Å². The first-order chi connectivity index (χ1) is 7.15. The number of hydrogen-bond donors (Lipinski definition) is 2. The number of primary amides is 1. The van der Waals surface area contributed by atoms with Gasteiger partial charge in [0.2, 0.25) is 11.8 Å². The molecule has 4 nitrogen and oxygen atoms in total. The third-order valence-electron chi connectivity index (χ3n) is 1.89. The first-order valence-corrected chi connectivity index (χ1v) is 4.42. The van der Waals surface area contributed by atoms with Crippen molar-refractivity contribution in [2.24, 2.45) is 5.73 Å². The number of rotatable bonds is 4. The molecule has 0 aliphatic rings. The Morgan fingerprint density at radius 1 is 1.33 bits per heavy atom. The van der Waals surface area contributed by atoms with Crippen molar-refractivity contribution in [1.82, 2.24) is 5.32 Å². The van der Waals surface area contributed by atoms with Crippen LogP contribution in [0.5, 0.6) is 0 Å². The Kier molecular flexibility index (Phi) is 3.62. The molecule has 0 bridgehead atoms. The fourth-order valence-electron chi connectivity index (χ4n) is 1.17. The fourth-order valence-corrected chi connectivity index (χ4v) is 1.17. The molecular formula is C11H12N2O2. The monoisotopic (exact) mass is 204 g/mol. The maximum Gasteiger partial charge on any atom is 0.244 e. The molecule has 0 radical (unpaired) electrons. The summed E-state index contributed by atoms with van der Waals surface area (Å²) in [6.07, 6.45) is 1.10. The lowest BCUT2D eigenvalue weighted by atomic mass is 10.1. The van der Waals surface area contributed by atoms with Crippen LogP contribution >= 0.6 is 0 Å². The van der Waals surface area contributed by atoms with Gasteiger partial charge < -0.3 is 11.1 Å². The Morgan fingerprint density at radius 2 is 1.93 bits per heavy atom. The van der Waals surface area contributed by atoms with Gasteiger partial charge in [-0.15, -0.1) is 0 Å². The van der Waals surface area contributed by atoms with E-state index in [1.807, 2.05) is 6.07 Å². The standard InChI is InChI=1S/C11H12N2O2/c1-2-9(14)13-10(11(12)15)8-6-4-3-5-7-8/h2-7,10H,1H2,(H2,12,15)(H,13,14)/t10-/m0/s1. The number of nitrogens with two attached hydrogens (primary N) is 1. The number of amides is 2. The molecule has 2 amide bonds. The Bertz CT molecular complexity index is 373. The van der Waals surface area contributed by atoms with Gasteiger partial charge in [-0.25, -0.2) is 0 Å². The van der Waals surface area contributed by atoms with Crippen molar-refractivity contribution >= 4 is 11.8 Å². The number of carbonyl (C=O) groups is 2. The van der Waals surface area contributed by atoms with Gasteiger partial charge in [-0.2, -0.15) is 0 Å². The minimum Gasteiger partial charge on any atom is -0.368 e. The van der Waals surface area contributed by atoms with Gasteiger partial charge in [0.25, 0.3) is 0 Å². The lowest BCUT2D eigenvalue weighted by Crippen LogP contribution is -2.36. The van der Waals surface area contributed by atoms with Crippen molar-refractivity contribution in [3.05, 3.63) is 48.6 Å². The van der Waals surface area contributed by atoms with E-state index in [1.54, 1.807) is 24.3 Å². The highest BCUT2D eigenvalue weighted by Crippen LogP contribution is 2.11. The third-order valence-corrected chi connectivity index (χ3v) is 1.89. The van der Waals surface area contributed by atoms with E-state index in [4.69, 9.17) is 5.73 Å². The first-order valence-electron chi connectivity index (χ1n) is 4.42. The van der Waals surface area contributed by atoms with Crippen LogP contribution in [0.25, 0.3) is 0 Å². The van der Waals surface area contributed by atoms with Gasteiger partial charge in [0.15, 0.2) is 0 Å². The molecule has 1 rings (SSSR count). The number of carbonyl (C=O) groups excluding carboxylic acids is 2. The van der Waals surface area contributed by atoms with Gasteiger partial charge in [-0.3, -0.25) is 9.59 Å². The van der Waals surface area contributed by atoms with Gasteiger partial charge in [0.1, 0.15) is 6.04 Å². The van der Waals surface area contributed by atoms with Crippen molar-refractivity contribution in [3.63, 3.8) is 0 Å². The maximum atomic E-state index is 11.1. The maximum absolute atomic E-state index is 11.1.